The molecule has 2 rings (SSSR count). The van der Waals surface area contributed by atoms with Gasteiger partial charge in [-0.1, -0.05) is 25.9 Å². The van der Waals surface area contributed by atoms with Crippen LogP contribution in [0.2, 0.25) is 0 Å². The van der Waals surface area contributed by atoms with Crippen molar-refractivity contribution >= 4 is 29.3 Å². The lowest BCUT2D eigenvalue weighted by Gasteiger charge is -2.24. The minimum atomic E-state index is 0.170. The van der Waals surface area contributed by atoms with Gasteiger partial charge in [0.1, 0.15) is 5.78 Å². The zero-order valence-corrected chi connectivity index (χ0v) is 13.2. The number of hydrogen-bond donors (Lipinski definition) is 0. The van der Waals surface area contributed by atoms with E-state index in [2.05, 4.69) is 17.1 Å². The van der Waals surface area contributed by atoms with Crippen molar-refractivity contribution in [1.29, 1.82) is 0 Å². The van der Waals surface area contributed by atoms with Crippen LogP contribution in [0.15, 0.2) is 4.52 Å². The van der Waals surface area contributed by atoms with Crippen molar-refractivity contribution in [3.8, 4) is 0 Å². The summed E-state index contributed by atoms with van der Waals surface area (Å²) in [6.45, 7) is 6.27. The van der Waals surface area contributed by atoms with E-state index in [1.807, 2.05) is 37.4 Å². The predicted octanol–water partition coefficient (Wildman–Crippen LogP) is 3.14. The van der Waals surface area contributed by atoms with E-state index in [0.29, 0.717) is 23.5 Å². The summed E-state index contributed by atoms with van der Waals surface area (Å²) in [5.74, 6) is 4.06. The van der Waals surface area contributed by atoms with Crippen LogP contribution in [-0.2, 0) is 11.2 Å². The van der Waals surface area contributed by atoms with Crippen LogP contribution in [0, 0.1) is 5.92 Å². The lowest BCUT2D eigenvalue weighted by Crippen LogP contribution is -2.17. The maximum atomic E-state index is 11.7. The van der Waals surface area contributed by atoms with E-state index >= 15 is 0 Å². The Bertz CT molecular complexity index is 434. The quantitative estimate of drug-likeness (QED) is 0.832. The van der Waals surface area contributed by atoms with E-state index in [9.17, 15) is 4.79 Å². The SMILES string of the molecule is CC(C)CC(=O)Cc1nc(C2SCCSC2C)no1. The normalized spacial score (nSPS) is 23.8. The molecule has 4 nitrogen and oxygen atoms in total. The second-order valence-electron chi connectivity index (χ2n) is 5.23. The molecule has 6 heteroatoms. The topological polar surface area (TPSA) is 56.0 Å². The molecule has 2 atom stereocenters. The van der Waals surface area contributed by atoms with Crippen molar-refractivity contribution in [2.75, 3.05) is 11.5 Å². The molecule has 0 N–H and O–H groups in total. The van der Waals surface area contributed by atoms with Crippen LogP contribution >= 0.6 is 23.5 Å². The molecule has 0 bridgehead atoms. The molecule has 0 aromatic carbocycles. The summed E-state index contributed by atoms with van der Waals surface area (Å²) >= 11 is 3.82. The molecule has 1 aliphatic rings. The van der Waals surface area contributed by atoms with E-state index < -0.39 is 0 Å². The highest BCUT2D eigenvalue weighted by Crippen LogP contribution is 2.41. The smallest absolute Gasteiger partial charge is 0.234 e. The average Bonchev–Trinajstić information content (AvgIpc) is 2.76. The molecule has 0 saturated carbocycles. The summed E-state index contributed by atoms with van der Waals surface area (Å²) < 4.78 is 5.21. The van der Waals surface area contributed by atoms with Crippen molar-refractivity contribution in [3.05, 3.63) is 11.7 Å². The van der Waals surface area contributed by atoms with Gasteiger partial charge in [0.25, 0.3) is 0 Å². The Morgan fingerprint density at radius 1 is 1.42 bits per heavy atom. The molecule has 0 amide bonds. The second-order valence-corrected chi connectivity index (χ2v) is 7.96. The Balaban J connectivity index is 1.96. The van der Waals surface area contributed by atoms with Crippen molar-refractivity contribution in [2.45, 2.75) is 44.1 Å². The standard InChI is InChI=1S/C13H20N2O2S2/c1-8(2)6-10(16)7-11-14-13(15-17-11)12-9(3)18-4-5-19-12/h8-9,12H,4-7H2,1-3H3. The van der Waals surface area contributed by atoms with Gasteiger partial charge in [-0.25, -0.2) is 0 Å². The fraction of sp³-hybridized carbons (Fsp3) is 0.769. The number of Topliss-reactive ketones (excluding diaryl/α,β-unsaturated/α-hetero) is 1. The molecule has 0 aliphatic carbocycles. The Kier molecular flexibility index (Phi) is 5.33. The van der Waals surface area contributed by atoms with Crippen molar-refractivity contribution in [2.24, 2.45) is 5.92 Å². The van der Waals surface area contributed by atoms with Gasteiger partial charge in [0.05, 0.1) is 11.7 Å². The molecule has 19 heavy (non-hydrogen) atoms. The zero-order valence-electron chi connectivity index (χ0n) is 11.6. The lowest BCUT2D eigenvalue weighted by atomic mass is 10.1. The van der Waals surface area contributed by atoms with E-state index in [1.165, 1.54) is 5.75 Å². The third-order valence-corrected chi connectivity index (χ3v) is 6.00. The van der Waals surface area contributed by atoms with Gasteiger partial charge in [0.15, 0.2) is 5.82 Å². The number of thioether (sulfide) groups is 2. The van der Waals surface area contributed by atoms with Gasteiger partial charge in [-0.15, -0.1) is 11.8 Å². The largest absolute Gasteiger partial charge is 0.339 e. The average molecular weight is 300 g/mol. The molecule has 0 radical (unpaired) electrons. The zero-order chi connectivity index (χ0) is 13.8. The summed E-state index contributed by atoms with van der Waals surface area (Å²) in [5, 5.41) is 4.83. The number of carbonyl (C=O) groups is 1. The molecule has 1 aliphatic heterocycles. The Morgan fingerprint density at radius 3 is 2.84 bits per heavy atom. The Labute approximate surface area is 122 Å². The number of hydrogen-bond acceptors (Lipinski definition) is 6. The van der Waals surface area contributed by atoms with E-state index in [1.54, 1.807) is 0 Å². The molecule has 1 fully saturated rings. The minimum absolute atomic E-state index is 0.170. The summed E-state index contributed by atoms with van der Waals surface area (Å²) in [6.07, 6.45) is 0.840. The first-order chi connectivity index (χ1) is 9.06. The molecule has 1 aromatic rings. The lowest BCUT2D eigenvalue weighted by molar-refractivity contribution is -0.119. The monoisotopic (exact) mass is 300 g/mol. The van der Waals surface area contributed by atoms with Crippen LogP contribution in [0.25, 0.3) is 0 Å². The van der Waals surface area contributed by atoms with Crippen LogP contribution in [0.3, 0.4) is 0 Å². The molecule has 1 aromatic heterocycles. The molecular formula is C13H20N2O2S2. The van der Waals surface area contributed by atoms with Crippen LogP contribution in [0.5, 0.6) is 0 Å². The van der Waals surface area contributed by atoms with Crippen LogP contribution in [-0.4, -0.2) is 32.7 Å². The van der Waals surface area contributed by atoms with Crippen LogP contribution in [0.1, 0.15) is 44.2 Å². The highest BCUT2D eigenvalue weighted by Gasteiger charge is 2.28. The van der Waals surface area contributed by atoms with Gasteiger partial charge in [0, 0.05) is 23.2 Å². The minimum Gasteiger partial charge on any atom is -0.339 e. The first-order valence-electron chi connectivity index (χ1n) is 6.63. The second kappa shape index (κ2) is 6.79. The first-order valence-corrected chi connectivity index (χ1v) is 8.73. The van der Waals surface area contributed by atoms with E-state index in [0.717, 1.165) is 11.6 Å². The number of nitrogens with zero attached hydrogens (tertiary/aromatic N) is 2. The van der Waals surface area contributed by atoms with Gasteiger partial charge in [-0.2, -0.15) is 16.7 Å². The fourth-order valence-corrected chi connectivity index (χ4v) is 4.75. The number of ketones is 1. The third-order valence-electron chi connectivity index (χ3n) is 2.91. The maximum Gasteiger partial charge on any atom is 0.234 e. The Morgan fingerprint density at radius 2 is 2.16 bits per heavy atom. The van der Waals surface area contributed by atoms with Gasteiger partial charge in [-0.3, -0.25) is 4.79 Å². The van der Waals surface area contributed by atoms with Gasteiger partial charge >= 0.3 is 0 Å². The van der Waals surface area contributed by atoms with Gasteiger partial charge in [-0.05, 0) is 5.92 Å². The van der Waals surface area contributed by atoms with Crippen LogP contribution in [0.4, 0.5) is 0 Å². The number of aromatic nitrogens is 2. The molecule has 1 saturated heterocycles. The molecule has 0 spiro atoms. The first kappa shape index (κ1) is 14.9. The predicted molar refractivity (Wildman–Crippen MR) is 79.6 cm³/mol. The highest BCUT2D eigenvalue weighted by atomic mass is 32.2. The summed E-state index contributed by atoms with van der Waals surface area (Å²) in [6, 6.07) is 0. The molecular weight excluding hydrogens is 280 g/mol. The summed E-state index contributed by atoms with van der Waals surface area (Å²) in [7, 11) is 0. The fourth-order valence-electron chi connectivity index (χ4n) is 2.07. The van der Waals surface area contributed by atoms with Crippen molar-refractivity contribution < 1.29 is 9.32 Å². The number of rotatable bonds is 5. The molecule has 106 valence electrons. The number of carbonyl (C=O) groups excluding carboxylic acids is 1. The summed E-state index contributed by atoms with van der Waals surface area (Å²) in [5.41, 5.74) is 0. The summed E-state index contributed by atoms with van der Waals surface area (Å²) in [4.78, 5) is 16.1. The van der Waals surface area contributed by atoms with Gasteiger partial charge in [0.2, 0.25) is 5.89 Å². The van der Waals surface area contributed by atoms with Gasteiger partial charge < -0.3 is 4.52 Å². The van der Waals surface area contributed by atoms with Crippen LogP contribution < -0.4 is 0 Å². The van der Waals surface area contributed by atoms with E-state index in [4.69, 9.17) is 4.52 Å². The Hall–Kier alpha value is -0.490. The van der Waals surface area contributed by atoms with Crippen molar-refractivity contribution in [1.82, 2.24) is 10.1 Å². The maximum absolute atomic E-state index is 11.7. The van der Waals surface area contributed by atoms with E-state index in [-0.39, 0.29) is 17.5 Å². The molecule has 2 unspecified atom stereocenters. The highest BCUT2D eigenvalue weighted by molar-refractivity contribution is 8.06. The van der Waals surface area contributed by atoms with Crippen molar-refractivity contribution in [3.63, 3.8) is 0 Å². The third kappa shape index (κ3) is 4.24. The molecule has 2 heterocycles.